The molecule has 0 heterocycles. The molecule has 5 amide bonds. The number of phosphoric acid groups is 2. The Morgan fingerprint density at radius 1 is 0.547 bits per heavy atom. The summed E-state index contributed by atoms with van der Waals surface area (Å²) in [5.74, 6) is 1.95. The second-order valence-electron chi connectivity index (χ2n) is 14.0. The molecule has 372 valence electrons. The van der Waals surface area contributed by atoms with Gasteiger partial charge in [-0.25, -0.2) is 22.5 Å². The number of nitrogens with zero attached hydrogens (tertiary/aromatic N) is 1. The molecule has 0 spiro atoms. The van der Waals surface area contributed by atoms with Crippen molar-refractivity contribution in [2.24, 2.45) is 0 Å². The zero-order chi connectivity index (χ0) is 47.6. The molecular formula is C36H71N7O15P4S2. The summed E-state index contributed by atoms with van der Waals surface area (Å²) in [6.07, 6.45) is 10.7. The van der Waals surface area contributed by atoms with Crippen LogP contribution in [0.2, 0.25) is 0 Å². The van der Waals surface area contributed by atoms with E-state index < -0.39 is 38.9 Å². The lowest BCUT2D eigenvalue weighted by molar-refractivity contribution is -0.121. The van der Waals surface area contributed by atoms with Crippen LogP contribution in [0, 0.1) is 10.3 Å². The first-order valence-electron chi connectivity index (χ1n) is 21.4. The summed E-state index contributed by atoms with van der Waals surface area (Å²) in [6, 6.07) is 0. The molecule has 64 heavy (non-hydrogen) atoms. The second kappa shape index (κ2) is 42.6. The predicted molar refractivity (Wildman–Crippen MR) is 248 cm³/mol. The highest BCUT2D eigenvalue weighted by Gasteiger charge is 2.21. The maximum atomic E-state index is 12.7. The van der Waals surface area contributed by atoms with Crippen LogP contribution in [0.1, 0.15) is 103 Å². The van der Waals surface area contributed by atoms with Gasteiger partial charge in [-0.15, -0.1) is 0 Å². The van der Waals surface area contributed by atoms with Crippen LogP contribution >= 0.6 is 56.4 Å². The number of hydrogen-bond donors (Lipinski definition) is 8. The molecule has 0 bridgehead atoms. The molecule has 0 radical (unpaired) electrons. The quantitative estimate of drug-likeness (QED) is 0.0231. The lowest BCUT2D eigenvalue weighted by atomic mass is 10.2. The molecule has 0 aliphatic rings. The number of hydrogen-bond acceptors (Lipinski definition) is 17. The summed E-state index contributed by atoms with van der Waals surface area (Å²) in [4.78, 5) is 81.6. The molecule has 0 aromatic rings. The fourth-order valence-electron chi connectivity index (χ4n) is 5.33. The van der Waals surface area contributed by atoms with Crippen LogP contribution in [0.3, 0.4) is 0 Å². The van der Waals surface area contributed by atoms with Crippen LogP contribution < -0.4 is 21.3 Å². The summed E-state index contributed by atoms with van der Waals surface area (Å²) in [7, 11) is -7.59. The monoisotopic (exact) mass is 1030 g/mol. The average Bonchev–Trinajstić information content (AvgIpc) is 3.24. The smallest absolute Gasteiger partial charge is 0.447 e. The van der Waals surface area contributed by atoms with Crippen molar-refractivity contribution < 1.29 is 70.0 Å². The maximum absolute atomic E-state index is 12.7. The molecule has 0 saturated carbocycles. The summed E-state index contributed by atoms with van der Waals surface area (Å²) >= 11 is 3.08. The Morgan fingerprint density at radius 2 is 0.953 bits per heavy atom. The molecule has 0 aliphatic carbocycles. The van der Waals surface area contributed by atoms with Gasteiger partial charge in [0.15, 0.2) is 17.2 Å². The Balaban J connectivity index is 4.03. The molecule has 0 saturated heterocycles. The van der Waals surface area contributed by atoms with Gasteiger partial charge in [0, 0.05) is 59.2 Å². The second-order valence-corrected chi connectivity index (χ2v) is 20.3. The average molecular weight is 1030 g/mol. The SMILES string of the molecule is COCCOC(=O)N(CCNC(=O)CCCCCNC(=O)CSCCCCCCOP(=O)(O)OP=N)CCNC(=O)CCCCCNC(=O)CSCCCCCCOP(=O)(O)OP=N. The molecule has 0 fully saturated rings. The van der Waals surface area contributed by atoms with Crippen LogP contribution in [0.25, 0.3) is 0 Å². The molecule has 0 rings (SSSR count). The first-order chi connectivity index (χ1) is 30.7. The van der Waals surface area contributed by atoms with E-state index >= 15 is 0 Å². The zero-order valence-electron chi connectivity index (χ0n) is 37.0. The van der Waals surface area contributed by atoms with Crippen LogP contribution in [0.15, 0.2) is 0 Å². The van der Waals surface area contributed by atoms with Gasteiger partial charge in [0.25, 0.3) is 0 Å². The Morgan fingerprint density at radius 3 is 1.38 bits per heavy atom. The molecular weight excluding hydrogens is 958 g/mol. The predicted octanol–water partition coefficient (Wildman–Crippen LogP) is 6.76. The van der Waals surface area contributed by atoms with Gasteiger partial charge in [0.05, 0.1) is 31.3 Å². The van der Waals surface area contributed by atoms with Crippen molar-refractivity contribution in [2.45, 2.75) is 103 Å². The Kier molecular flexibility index (Phi) is 41.4. The molecule has 0 aromatic heterocycles. The first kappa shape index (κ1) is 62.2. The van der Waals surface area contributed by atoms with E-state index in [9.17, 15) is 42.9 Å². The van der Waals surface area contributed by atoms with Crippen molar-refractivity contribution in [2.75, 3.05) is 95.8 Å². The minimum Gasteiger partial charge on any atom is -0.447 e. The van der Waals surface area contributed by atoms with E-state index in [4.69, 9.17) is 28.8 Å². The van der Waals surface area contributed by atoms with Gasteiger partial charge in [-0.3, -0.25) is 38.5 Å². The molecule has 0 aromatic carbocycles. The third-order valence-corrected chi connectivity index (χ3v) is 14.0. The van der Waals surface area contributed by atoms with E-state index in [0.717, 1.165) is 75.7 Å². The number of rotatable bonds is 45. The van der Waals surface area contributed by atoms with Gasteiger partial charge >= 0.3 is 21.7 Å². The fraction of sp³-hybridized carbons (Fsp3) is 0.861. The summed E-state index contributed by atoms with van der Waals surface area (Å²) < 4.78 is 50.9. The van der Waals surface area contributed by atoms with Crippen LogP contribution in [-0.4, -0.2) is 140 Å². The van der Waals surface area contributed by atoms with E-state index in [2.05, 4.69) is 29.9 Å². The van der Waals surface area contributed by atoms with E-state index in [1.165, 1.54) is 35.5 Å². The van der Waals surface area contributed by atoms with Gasteiger partial charge in [0.2, 0.25) is 23.6 Å². The number of nitrogens with one attached hydrogen (secondary N) is 6. The maximum Gasteiger partial charge on any atom is 0.481 e. The van der Waals surface area contributed by atoms with Crippen LogP contribution in [0.4, 0.5) is 4.79 Å². The Bertz CT molecular complexity index is 1330. The van der Waals surface area contributed by atoms with Crippen molar-refractivity contribution in [1.29, 1.82) is 10.3 Å². The van der Waals surface area contributed by atoms with Crippen molar-refractivity contribution in [3.8, 4) is 0 Å². The Hall–Kier alpha value is -1.77. The number of unbranched alkanes of at least 4 members (excludes halogenated alkanes) is 10. The zero-order valence-corrected chi connectivity index (χ0v) is 42.2. The minimum absolute atomic E-state index is 0.0453. The number of carbonyl (C=O) groups is 5. The van der Waals surface area contributed by atoms with Gasteiger partial charge in [-0.2, -0.15) is 23.5 Å². The van der Waals surface area contributed by atoms with E-state index in [-0.39, 0.29) is 76.2 Å². The largest absolute Gasteiger partial charge is 0.481 e. The van der Waals surface area contributed by atoms with Gasteiger partial charge in [-0.1, -0.05) is 38.5 Å². The highest BCUT2D eigenvalue weighted by molar-refractivity contribution is 8.00. The lowest BCUT2D eigenvalue weighted by Crippen LogP contribution is -2.43. The summed E-state index contributed by atoms with van der Waals surface area (Å²) in [5.41, 5.74) is 0. The topological polar surface area (TPSA) is 314 Å². The summed E-state index contributed by atoms with van der Waals surface area (Å²) in [5, 5.41) is 24.9. The van der Waals surface area contributed by atoms with Gasteiger partial charge < -0.3 is 45.4 Å². The number of phosphoric ester groups is 2. The molecule has 8 N–H and O–H groups in total. The van der Waals surface area contributed by atoms with E-state index in [0.29, 0.717) is 63.1 Å². The minimum atomic E-state index is -4.13. The number of methoxy groups -OCH3 is 1. The van der Waals surface area contributed by atoms with Crippen molar-refractivity contribution in [1.82, 2.24) is 26.2 Å². The van der Waals surface area contributed by atoms with E-state index in [1.54, 1.807) is 0 Å². The third kappa shape index (κ3) is 41.6. The normalized spacial score (nSPS) is 13.2. The van der Waals surface area contributed by atoms with Crippen LogP contribution in [-0.2, 0) is 55.5 Å². The van der Waals surface area contributed by atoms with Crippen molar-refractivity contribution >= 4 is 86.1 Å². The highest BCUT2D eigenvalue weighted by Crippen LogP contribution is 2.47. The van der Waals surface area contributed by atoms with Crippen LogP contribution in [0.5, 0.6) is 0 Å². The number of thioether (sulfide) groups is 2. The third-order valence-electron chi connectivity index (χ3n) is 8.61. The standard InChI is InChI=1S/C36H71N7O15P4S2/c1-53-26-27-54-36(48)43(22-20-41-32(44)16-8-6-10-18-39-34(46)30-63-28-14-4-2-12-24-55-61(49,50)57-59-37)23-21-42-33(45)17-9-7-11-19-40-35(47)31-64-29-15-5-3-13-25-56-62(51,52)58-60-38/h37-38H,2-31H2,1H3,(H,39,46)(H,40,47)(H,41,44)(H,42,45)(H,49,50)(H,51,52). The Labute approximate surface area is 389 Å². The van der Waals surface area contributed by atoms with Crippen molar-refractivity contribution in [3.05, 3.63) is 0 Å². The lowest BCUT2D eigenvalue weighted by Gasteiger charge is -2.22. The molecule has 2 atom stereocenters. The number of ether oxygens (including phenoxy) is 2. The molecule has 22 nitrogen and oxygen atoms in total. The first-order valence-corrected chi connectivity index (χ1v) is 28.4. The molecule has 0 aliphatic heterocycles. The molecule has 2 unspecified atom stereocenters. The number of carbonyl (C=O) groups excluding carboxylic acids is 5. The number of amides is 5. The highest BCUT2D eigenvalue weighted by atomic mass is 32.2. The van der Waals surface area contributed by atoms with Gasteiger partial charge in [0.1, 0.15) is 6.61 Å². The molecule has 28 heteroatoms. The van der Waals surface area contributed by atoms with Gasteiger partial charge in [-0.05, 0) is 62.9 Å². The fourth-order valence-corrected chi connectivity index (χ4v) is 8.93. The summed E-state index contributed by atoms with van der Waals surface area (Å²) in [6.45, 7) is 2.29. The van der Waals surface area contributed by atoms with E-state index in [1.807, 2.05) is 0 Å². The van der Waals surface area contributed by atoms with Crippen molar-refractivity contribution in [3.63, 3.8) is 0 Å².